The highest BCUT2D eigenvalue weighted by Crippen LogP contribution is 2.31. The molecule has 2 unspecified atom stereocenters. The Kier molecular flexibility index (Phi) is 3.68. The molecule has 0 heteroatoms. The van der Waals surface area contributed by atoms with Crippen molar-refractivity contribution in [3.05, 3.63) is 19.1 Å². The van der Waals surface area contributed by atoms with Gasteiger partial charge in [-0.3, -0.25) is 0 Å². The van der Waals surface area contributed by atoms with Gasteiger partial charge in [0.15, 0.2) is 0 Å². The number of rotatable bonds is 3. The highest BCUT2D eigenvalue weighted by Gasteiger charge is 2.18. The molecule has 63 valence electrons. The topological polar surface area (TPSA) is 0 Å². The zero-order valence-corrected chi connectivity index (χ0v) is 7.55. The maximum atomic E-state index is 3.87. The third-order valence-electron chi connectivity index (χ3n) is 2.64. The van der Waals surface area contributed by atoms with Gasteiger partial charge in [-0.15, -0.1) is 6.58 Å². The Morgan fingerprint density at radius 3 is 3.09 bits per heavy atom. The van der Waals surface area contributed by atoms with Crippen molar-refractivity contribution in [2.45, 2.75) is 39.0 Å². The van der Waals surface area contributed by atoms with Crippen molar-refractivity contribution in [3.63, 3.8) is 0 Å². The standard InChI is InChI=1S/C11H19/c1-3-6-11-8-5-7-10(4-2)9-11/h4,8,10-11H,2-3,5-7,9H2,1H3. The van der Waals surface area contributed by atoms with Crippen LogP contribution in [0.5, 0.6) is 0 Å². The normalized spacial score (nSPS) is 31.7. The summed E-state index contributed by atoms with van der Waals surface area (Å²) < 4.78 is 0. The van der Waals surface area contributed by atoms with Crippen molar-refractivity contribution < 1.29 is 0 Å². The smallest absolute Gasteiger partial charge is 0.0233 e. The second kappa shape index (κ2) is 4.58. The monoisotopic (exact) mass is 151 g/mol. The van der Waals surface area contributed by atoms with Crippen LogP contribution in [0.2, 0.25) is 0 Å². The Morgan fingerprint density at radius 2 is 2.45 bits per heavy atom. The first-order valence-electron chi connectivity index (χ1n) is 4.82. The molecule has 1 radical (unpaired) electrons. The lowest BCUT2D eigenvalue weighted by atomic mass is 9.79. The fraction of sp³-hybridized carbons (Fsp3) is 0.727. The summed E-state index contributed by atoms with van der Waals surface area (Å²) in [6.45, 7) is 6.13. The number of hydrogen-bond acceptors (Lipinski definition) is 0. The Morgan fingerprint density at radius 1 is 1.64 bits per heavy atom. The molecule has 0 spiro atoms. The third kappa shape index (κ3) is 2.69. The van der Waals surface area contributed by atoms with Gasteiger partial charge in [0.2, 0.25) is 0 Å². The summed E-state index contributed by atoms with van der Waals surface area (Å²) in [7, 11) is 0. The molecule has 0 heterocycles. The van der Waals surface area contributed by atoms with E-state index in [-0.39, 0.29) is 0 Å². The van der Waals surface area contributed by atoms with Gasteiger partial charge in [-0.1, -0.05) is 25.8 Å². The first kappa shape index (κ1) is 8.83. The zero-order chi connectivity index (χ0) is 8.10. The minimum Gasteiger partial charge on any atom is -0.103 e. The average Bonchev–Trinajstić information content (AvgIpc) is 2.06. The van der Waals surface area contributed by atoms with Crippen molar-refractivity contribution in [1.82, 2.24) is 0 Å². The van der Waals surface area contributed by atoms with Gasteiger partial charge in [0.05, 0.1) is 0 Å². The molecule has 0 aromatic rings. The van der Waals surface area contributed by atoms with Crippen LogP contribution in [0.25, 0.3) is 0 Å². The van der Waals surface area contributed by atoms with Crippen molar-refractivity contribution in [2.24, 2.45) is 11.8 Å². The Bertz CT molecular complexity index is 113. The van der Waals surface area contributed by atoms with Crippen LogP contribution in [0, 0.1) is 18.3 Å². The van der Waals surface area contributed by atoms with Gasteiger partial charge < -0.3 is 0 Å². The van der Waals surface area contributed by atoms with Crippen LogP contribution in [0.4, 0.5) is 0 Å². The summed E-state index contributed by atoms with van der Waals surface area (Å²) in [5.41, 5.74) is 0. The van der Waals surface area contributed by atoms with Crippen LogP contribution in [-0.2, 0) is 0 Å². The molecule has 1 rings (SSSR count). The van der Waals surface area contributed by atoms with E-state index in [9.17, 15) is 0 Å². The molecule has 0 aliphatic heterocycles. The first-order valence-corrected chi connectivity index (χ1v) is 4.82. The van der Waals surface area contributed by atoms with Gasteiger partial charge in [-0.05, 0) is 37.5 Å². The van der Waals surface area contributed by atoms with Gasteiger partial charge in [0, 0.05) is 0 Å². The molecule has 2 atom stereocenters. The molecule has 0 bridgehead atoms. The summed E-state index contributed by atoms with van der Waals surface area (Å²) in [4.78, 5) is 0. The first-order chi connectivity index (χ1) is 5.36. The van der Waals surface area contributed by atoms with E-state index in [0.29, 0.717) is 0 Å². The molecule has 0 aromatic carbocycles. The highest BCUT2D eigenvalue weighted by molar-refractivity contribution is 4.91. The number of allylic oxidation sites excluding steroid dienone is 1. The van der Waals surface area contributed by atoms with Gasteiger partial charge in [-0.2, -0.15) is 0 Å². The lowest BCUT2D eigenvalue weighted by Gasteiger charge is -2.26. The average molecular weight is 151 g/mol. The highest BCUT2D eigenvalue weighted by atomic mass is 14.2. The summed E-state index contributed by atoms with van der Waals surface area (Å²) in [5, 5.41) is 0. The second-order valence-corrected chi connectivity index (χ2v) is 3.59. The third-order valence-corrected chi connectivity index (χ3v) is 2.64. The summed E-state index contributed by atoms with van der Waals surface area (Å²) in [6.07, 6.45) is 11.3. The predicted molar refractivity (Wildman–Crippen MR) is 50.2 cm³/mol. The molecular formula is C11H19. The Balaban J connectivity index is 2.27. The fourth-order valence-corrected chi connectivity index (χ4v) is 1.97. The molecule has 1 saturated carbocycles. The molecule has 1 fully saturated rings. The molecule has 1 aliphatic carbocycles. The van der Waals surface area contributed by atoms with Crippen molar-refractivity contribution in [1.29, 1.82) is 0 Å². The summed E-state index contributed by atoms with van der Waals surface area (Å²) >= 11 is 0. The second-order valence-electron chi connectivity index (χ2n) is 3.59. The van der Waals surface area contributed by atoms with E-state index in [2.05, 4.69) is 26.0 Å². The van der Waals surface area contributed by atoms with Crippen molar-refractivity contribution >= 4 is 0 Å². The molecule has 0 amide bonds. The van der Waals surface area contributed by atoms with Gasteiger partial charge in [-0.25, -0.2) is 0 Å². The van der Waals surface area contributed by atoms with E-state index in [1.54, 1.807) is 0 Å². The van der Waals surface area contributed by atoms with Gasteiger partial charge in [0.25, 0.3) is 0 Å². The van der Waals surface area contributed by atoms with Gasteiger partial charge in [0.1, 0.15) is 0 Å². The minimum atomic E-state index is 0.802. The van der Waals surface area contributed by atoms with Crippen molar-refractivity contribution in [3.8, 4) is 0 Å². The van der Waals surface area contributed by atoms with E-state index in [0.717, 1.165) is 11.8 Å². The summed E-state index contributed by atoms with van der Waals surface area (Å²) in [6, 6.07) is 0. The van der Waals surface area contributed by atoms with E-state index in [1.807, 2.05) is 0 Å². The molecule has 0 nitrogen and oxygen atoms in total. The predicted octanol–water partition coefficient (Wildman–Crippen LogP) is 3.59. The molecule has 0 N–H and O–H groups in total. The molecular weight excluding hydrogens is 132 g/mol. The quantitative estimate of drug-likeness (QED) is 0.541. The van der Waals surface area contributed by atoms with Crippen LogP contribution in [0.15, 0.2) is 12.7 Å². The van der Waals surface area contributed by atoms with Crippen molar-refractivity contribution in [2.75, 3.05) is 0 Å². The SMILES string of the molecule is C=CC1CC[CH]C(CCC)C1. The van der Waals surface area contributed by atoms with E-state index >= 15 is 0 Å². The van der Waals surface area contributed by atoms with Crippen LogP contribution in [0.3, 0.4) is 0 Å². The summed E-state index contributed by atoms with van der Waals surface area (Å²) in [5.74, 6) is 1.69. The van der Waals surface area contributed by atoms with E-state index < -0.39 is 0 Å². The molecule has 1 aliphatic rings. The molecule has 11 heavy (non-hydrogen) atoms. The lowest BCUT2D eigenvalue weighted by molar-refractivity contribution is 0.357. The molecule has 0 aromatic heterocycles. The fourth-order valence-electron chi connectivity index (χ4n) is 1.97. The van der Waals surface area contributed by atoms with Crippen LogP contribution < -0.4 is 0 Å². The van der Waals surface area contributed by atoms with Crippen LogP contribution >= 0.6 is 0 Å². The molecule has 0 saturated heterocycles. The van der Waals surface area contributed by atoms with Gasteiger partial charge >= 0.3 is 0 Å². The van der Waals surface area contributed by atoms with E-state index in [4.69, 9.17) is 0 Å². The largest absolute Gasteiger partial charge is 0.103 e. The maximum absolute atomic E-state index is 3.87. The Labute approximate surface area is 70.7 Å². The van der Waals surface area contributed by atoms with E-state index in [1.165, 1.54) is 32.1 Å². The number of hydrogen-bond donors (Lipinski definition) is 0. The zero-order valence-electron chi connectivity index (χ0n) is 7.55. The Hall–Kier alpha value is -0.260. The lowest BCUT2D eigenvalue weighted by Crippen LogP contribution is -2.14. The maximum Gasteiger partial charge on any atom is -0.0233 e. The minimum absolute atomic E-state index is 0.802. The van der Waals surface area contributed by atoms with Crippen LogP contribution in [0.1, 0.15) is 39.0 Å². The van der Waals surface area contributed by atoms with Crippen LogP contribution in [-0.4, -0.2) is 0 Å².